The first kappa shape index (κ1) is 15.9. The molecule has 0 amide bonds. The molecule has 5 nitrogen and oxygen atoms in total. The maximum absolute atomic E-state index is 11.8. The average Bonchev–Trinajstić information content (AvgIpc) is 2.62. The Morgan fingerprint density at radius 2 is 2.04 bits per heavy atom. The number of esters is 1. The van der Waals surface area contributed by atoms with Gasteiger partial charge in [-0.05, 0) is 24.6 Å². The lowest BCUT2D eigenvalue weighted by atomic mass is 10.0. The van der Waals surface area contributed by atoms with E-state index in [1.165, 1.54) is 7.11 Å². The molecule has 0 atom stereocenters. The van der Waals surface area contributed by atoms with Gasteiger partial charge in [-0.15, -0.1) is 0 Å². The topological polar surface area (TPSA) is 64.1 Å². The zero-order valence-corrected chi connectivity index (χ0v) is 13.7. The van der Waals surface area contributed by atoms with Crippen LogP contribution in [-0.4, -0.2) is 23.0 Å². The smallest absolute Gasteiger partial charge is 0.310 e. The summed E-state index contributed by atoms with van der Waals surface area (Å²) in [5, 5.41) is 4.45. The van der Waals surface area contributed by atoms with Gasteiger partial charge in [0.2, 0.25) is 0 Å². The van der Waals surface area contributed by atoms with Gasteiger partial charge in [0.05, 0.1) is 19.0 Å². The summed E-state index contributed by atoms with van der Waals surface area (Å²) in [6.45, 7) is 2.54. The van der Waals surface area contributed by atoms with Crippen LogP contribution in [0.15, 0.2) is 48.8 Å². The van der Waals surface area contributed by atoms with Crippen LogP contribution < -0.4 is 5.32 Å². The van der Waals surface area contributed by atoms with Crippen molar-refractivity contribution in [3.8, 4) is 0 Å². The van der Waals surface area contributed by atoms with Gasteiger partial charge < -0.3 is 10.1 Å². The van der Waals surface area contributed by atoms with Gasteiger partial charge in [-0.1, -0.05) is 24.3 Å². The molecule has 5 heteroatoms. The lowest BCUT2D eigenvalue weighted by Crippen LogP contribution is -2.11. The summed E-state index contributed by atoms with van der Waals surface area (Å²) in [6.07, 6.45) is 3.76. The monoisotopic (exact) mass is 321 g/mol. The first-order chi connectivity index (χ1) is 11.7. The summed E-state index contributed by atoms with van der Waals surface area (Å²) in [5.74, 6) is -0.278. The van der Waals surface area contributed by atoms with Gasteiger partial charge in [0.1, 0.15) is 0 Å². The van der Waals surface area contributed by atoms with Crippen LogP contribution in [0.5, 0.6) is 0 Å². The van der Waals surface area contributed by atoms with Crippen LogP contribution in [0, 0.1) is 6.92 Å². The number of pyridine rings is 2. The number of nitrogens with one attached hydrogen (secondary N) is 1. The van der Waals surface area contributed by atoms with E-state index in [0.29, 0.717) is 6.54 Å². The lowest BCUT2D eigenvalue weighted by molar-refractivity contribution is -0.139. The number of aryl methyl sites for hydroxylation is 1. The Kier molecular flexibility index (Phi) is 4.70. The minimum atomic E-state index is -0.278. The van der Waals surface area contributed by atoms with E-state index in [1.807, 2.05) is 49.5 Å². The fourth-order valence-electron chi connectivity index (χ4n) is 2.70. The molecule has 0 aliphatic rings. The highest BCUT2D eigenvalue weighted by Crippen LogP contribution is 2.29. The Bertz CT molecular complexity index is 863. The van der Waals surface area contributed by atoms with Crippen LogP contribution in [0.3, 0.4) is 0 Å². The number of hydrogen-bond acceptors (Lipinski definition) is 5. The molecule has 0 radical (unpaired) electrons. The lowest BCUT2D eigenvalue weighted by Gasteiger charge is -2.16. The third-order valence-electron chi connectivity index (χ3n) is 3.94. The van der Waals surface area contributed by atoms with Gasteiger partial charge >= 0.3 is 5.97 Å². The quantitative estimate of drug-likeness (QED) is 0.731. The number of aromatic nitrogens is 2. The summed E-state index contributed by atoms with van der Waals surface area (Å²) in [5.41, 5.74) is 4.59. The number of methoxy groups -OCH3 is 1. The van der Waals surface area contributed by atoms with Crippen molar-refractivity contribution in [2.24, 2.45) is 0 Å². The van der Waals surface area contributed by atoms with Crippen molar-refractivity contribution in [3.63, 3.8) is 0 Å². The number of carbonyl (C=O) groups excluding carboxylic acids is 1. The maximum atomic E-state index is 11.8. The molecule has 0 bridgehead atoms. The number of benzene rings is 1. The molecule has 122 valence electrons. The van der Waals surface area contributed by atoms with E-state index in [0.717, 1.165) is 33.4 Å². The first-order valence-electron chi connectivity index (χ1n) is 7.77. The highest BCUT2D eigenvalue weighted by Gasteiger charge is 2.16. The summed E-state index contributed by atoms with van der Waals surface area (Å²) < 4.78 is 4.83. The fourth-order valence-corrected chi connectivity index (χ4v) is 2.70. The predicted octanol–water partition coefficient (Wildman–Crippen LogP) is 3.27. The Balaban J connectivity index is 2.03. The molecule has 0 saturated carbocycles. The number of hydrogen-bond donors (Lipinski definition) is 1. The van der Waals surface area contributed by atoms with Crippen molar-refractivity contribution in [1.82, 2.24) is 9.97 Å². The van der Waals surface area contributed by atoms with E-state index in [-0.39, 0.29) is 12.4 Å². The van der Waals surface area contributed by atoms with E-state index in [9.17, 15) is 4.79 Å². The van der Waals surface area contributed by atoms with E-state index in [2.05, 4.69) is 15.3 Å². The number of rotatable bonds is 5. The molecule has 3 rings (SSSR count). The predicted molar refractivity (Wildman–Crippen MR) is 93.8 cm³/mol. The van der Waals surface area contributed by atoms with Crippen molar-refractivity contribution in [1.29, 1.82) is 0 Å². The van der Waals surface area contributed by atoms with Gasteiger partial charge in [0.25, 0.3) is 0 Å². The van der Waals surface area contributed by atoms with Crippen LogP contribution in [0.4, 0.5) is 5.69 Å². The summed E-state index contributed by atoms with van der Waals surface area (Å²) in [4.78, 5) is 20.6. The molecule has 0 aliphatic heterocycles. The van der Waals surface area contributed by atoms with Crippen LogP contribution in [0.1, 0.15) is 16.8 Å². The van der Waals surface area contributed by atoms with Crippen LogP contribution in [-0.2, 0) is 22.5 Å². The number of carbonyl (C=O) groups is 1. The molecule has 0 aliphatic carbocycles. The van der Waals surface area contributed by atoms with Gasteiger partial charge in [-0.2, -0.15) is 0 Å². The summed E-state index contributed by atoms with van der Waals surface area (Å²) >= 11 is 0. The zero-order chi connectivity index (χ0) is 16.9. The third kappa shape index (κ3) is 3.35. The SMILES string of the molecule is COC(=O)Cc1c(C)nc2ccccc2c1NCc1cccnc1. The van der Waals surface area contributed by atoms with Crippen LogP contribution >= 0.6 is 0 Å². The van der Waals surface area contributed by atoms with Crippen molar-refractivity contribution in [3.05, 3.63) is 65.6 Å². The second-order valence-corrected chi connectivity index (χ2v) is 5.54. The molecular formula is C19H19N3O2. The van der Waals surface area contributed by atoms with Crippen molar-refractivity contribution >= 4 is 22.6 Å². The second kappa shape index (κ2) is 7.08. The summed E-state index contributed by atoms with van der Waals surface area (Å²) in [7, 11) is 1.40. The Morgan fingerprint density at radius 1 is 1.21 bits per heavy atom. The van der Waals surface area contributed by atoms with Crippen molar-refractivity contribution in [2.45, 2.75) is 19.9 Å². The normalized spacial score (nSPS) is 10.6. The van der Waals surface area contributed by atoms with E-state index in [4.69, 9.17) is 4.74 Å². The second-order valence-electron chi connectivity index (χ2n) is 5.54. The highest BCUT2D eigenvalue weighted by molar-refractivity contribution is 5.95. The average molecular weight is 321 g/mol. The molecule has 1 aromatic carbocycles. The minimum Gasteiger partial charge on any atom is -0.469 e. The van der Waals surface area contributed by atoms with E-state index < -0.39 is 0 Å². The molecular weight excluding hydrogens is 302 g/mol. The molecule has 3 aromatic rings. The van der Waals surface area contributed by atoms with Crippen LogP contribution in [0.2, 0.25) is 0 Å². The zero-order valence-electron chi connectivity index (χ0n) is 13.7. The molecule has 0 spiro atoms. The minimum absolute atomic E-state index is 0.190. The molecule has 0 saturated heterocycles. The number of nitrogens with zero attached hydrogens (tertiary/aromatic N) is 2. The largest absolute Gasteiger partial charge is 0.469 e. The first-order valence-corrected chi connectivity index (χ1v) is 7.77. The Morgan fingerprint density at radius 3 is 2.79 bits per heavy atom. The molecule has 24 heavy (non-hydrogen) atoms. The Labute approximate surface area is 140 Å². The number of anilines is 1. The molecule has 2 heterocycles. The van der Waals surface area contributed by atoms with E-state index in [1.54, 1.807) is 6.20 Å². The number of ether oxygens (including phenoxy) is 1. The van der Waals surface area contributed by atoms with Crippen LogP contribution in [0.25, 0.3) is 10.9 Å². The fraction of sp³-hybridized carbons (Fsp3) is 0.211. The van der Waals surface area contributed by atoms with Gasteiger partial charge in [-0.25, -0.2) is 0 Å². The molecule has 0 fully saturated rings. The van der Waals surface area contributed by atoms with Gasteiger partial charge in [0, 0.05) is 41.3 Å². The molecule has 0 unspecified atom stereocenters. The number of fused-ring (bicyclic) bond motifs is 1. The molecule has 1 N–H and O–H groups in total. The molecule has 2 aromatic heterocycles. The van der Waals surface area contributed by atoms with Gasteiger partial charge in [-0.3, -0.25) is 14.8 Å². The van der Waals surface area contributed by atoms with Crippen molar-refractivity contribution < 1.29 is 9.53 Å². The van der Waals surface area contributed by atoms with E-state index >= 15 is 0 Å². The van der Waals surface area contributed by atoms with Crippen molar-refractivity contribution in [2.75, 3.05) is 12.4 Å². The third-order valence-corrected chi connectivity index (χ3v) is 3.94. The number of para-hydroxylation sites is 1. The summed E-state index contributed by atoms with van der Waals surface area (Å²) in [6, 6.07) is 11.8. The maximum Gasteiger partial charge on any atom is 0.310 e. The highest BCUT2D eigenvalue weighted by atomic mass is 16.5. The Hall–Kier alpha value is -2.95. The van der Waals surface area contributed by atoms with Gasteiger partial charge in [0.15, 0.2) is 0 Å². The standard InChI is InChI=1S/C19H19N3O2/c1-13-16(10-18(23)24-2)19(15-7-3-4-8-17(15)22-13)21-12-14-6-5-9-20-11-14/h3-9,11H,10,12H2,1-2H3,(H,21,22).